The molecule has 5 nitrogen and oxygen atoms in total. The zero-order valence-corrected chi connectivity index (χ0v) is 14.3. The van der Waals surface area contributed by atoms with Gasteiger partial charge in [-0.2, -0.15) is 0 Å². The summed E-state index contributed by atoms with van der Waals surface area (Å²) in [4.78, 5) is 23.0. The highest BCUT2D eigenvalue weighted by Crippen LogP contribution is 2.24. The number of halogens is 2. The minimum atomic E-state index is -0.610. The minimum Gasteiger partial charge on any atom is -0.493 e. The van der Waals surface area contributed by atoms with E-state index in [2.05, 4.69) is 5.32 Å². The molecule has 0 aliphatic rings. The van der Waals surface area contributed by atoms with Gasteiger partial charge in [-0.25, -0.2) is 4.39 Å². The number of carbonyl (C=O) groups excluding carboxylic acids is 2. The van der Waals surface area contributed by atoms with E-state index in [1.54, 1.807) is 12.1 Å². The second-order valence-corrected chi connectivity index (χ2v) is 5.56. The van der Waals surface area contributed by atoms with Crippen LogP contribution in [0, 0.1) is 5.82 Å². The fourth-order valence-corrected chi connectivity index (χ4v) is 2.14. The normalized spacial score (nSPS) is 10.2. The molecular weight excluding hydrogens is 349 g/mol. The van der Waals surface area contributed by atoms with E-state index in [0.717, 1.165) is 12.5 Å². The summed E-state index contributed by atoms with van der Waals surface area (Å²) in [5.41, 5.74) is 0.238. The Morgan fingerprint density at radius 1 is 1.24 bits per heavy atom. The first kappa shape index (κ1) is 18.7. The summed E-state index contributed by atoms with van der Waals surface area (Å²) in [7, 11) is 0. The number of hydrogen-bond donors (Lipinski definition) is 1. The largest absolute Gasteiger partial charge is 0.493 e. The Balaban J connectivity index is 2.02. The van der Waals surface area contributed by atoms with Gasteiger partial charge in [0.2, 0.25) is 0 Å². The van der Waals surface area contributed by atoms with Crippen LogP contribution in [0.5, 0.6) is 11.5 Å². The summed E-state index contributed by atoms with van der Waals surface area (Å²) in [6.45, 7) is 2.09. The van der Waals surface area contributed by atoms with Gasteiger partial charge in [-0.15, -0.1) is 0 Å². The van der Waals surface area contributed by atoms with E-state index >= 15 is 0 Å². The third-order valence-corrected chi connectivity index (χ3v) is 3.38. The highest BCUT2D eigenvalue weighted by atomic mass is 35.5. The number of hydrogen-bond acceptors (Lipinski definition) is 4. The zero-order chi connectivity index (χ0) is 18.2. The van der Waals surface area contributed by atoms with Gasteiger partial charge < -0.3 is 14.8 Å². The topological polar surface area (TPSA) is 64.6 Å². The van der Waals surface area contributed by atoms with E-state index in [-0.39, 0.29) is 17.0 Å². The first-order chi connectivity index (χ1) is 12.0. The predicted octanol–water partition coefficient (Wildman–Crippen LogP) is 4.10. The monoisotopic (exact) mass is 365 g/mol. The lowest BCUT2D eigenvalue weighted by Gasteiger charge is -2.12. The Hall–Kier alpha value is -2.60. The fourth-order valence-electron chi connectivity index (χ4n) is 1.97. The van der Waals surface area contributed by atoms with Crippen LogP contribution in [0.15, 0.2) is 36.4 Å². The van der Waals surface area contributed by atoms with E-state index in [1.807, 2.05) is 6.92 Å². The molecule has 0 saturated carbocycles. The molecule has 7 heteroatoms. The summed E-state index contributed by atoms with van der Waals surface area (Å²) >= 11 is 5.77. The molecule has 0 bridgehead atoms. The van der Waals surface area contributed by atoms with Crippen LogP contribution >= 0.6 is 11.6 Å². The average Bonchev–Trinajstić information content (AvgIpc) is 2.61. The first-order valence-electron chi connectivity index (χ1n) is 7.63. The van der Waals surface area contributed by atoms with Crippen molar-refractivity contribution >= 4 is 29.5 Å². The molecule has 1 N–H and O–H groups in total. The summed E-state index contributed by atoms with van der Waals surface area (Å²) in [6, 6.07) is 8.55. The third-order valence-electron chi connectivity index (χ3n) is 3.15. The molecule has 0 aliphatic carbocycles. The number of rotatable bonds is 8. The van der Waals surface area contributed by atoms with E-state index in [1.165, 1.54) is 18.2 Å². The highest BCUT2D eigenvalue weighted by molar-refractivity contribution is 6.30. The Kier molecular flexibility index (Phi) is 6.77. The molecule has 0 radical (unpaired) electrons. The smallest absolute Gasteiger partial charge is 0.262 e. The van der Waals surface area contributed by atoms with Crippen molar-refractivity contribution in [3.8, 4) is 11.5 Å². The van der Waals surface area contributed by atoms with Gasteiger partial charge in [0.05, 0.1) is 17.9 Å². The molecule has 132 valence electrons. The van der Waals surface area contributed by atoms with Gasteiger partial charge in [0.1, 0.15) is 17.3 Å². The number of amides is 1. The van der Waals surface area contributed by atoms with Crippen molar-refractivity contribution in [2.24, 2.45) is 0 Å². The van der Waals surface area contributed by atoms with Crippen LogP contribution in [-0.4, -0.2) is 25.4 Å². The third kappa shape index (κ3) is 5.46. The molecule has 0 aromatic heterocycles. The Labute approximate surface area is 149 Å². The first-order valence-corrected chi connectivity index (χ1v) is 8.01. The summed E-state index contributed by atoms with van der Waals surface area (Å²) in [5.74, 6) is -0.451. The van der Waals surface area contributed by atoms with Gasteiger partial charge >= 0.3 is 0 Å². The number of ether oxygens (including phenoxy) is 2. The van der Waals surface area contributed by atoms with Crippen molar-refractivity contribution in [1.29, 1.82) is 0 Å². The molecule has 0 heterocycles. The molecule has 0 aliphatic heterocycles. The van der Waals surface area contributed by atoms with Gasteiger partial charge in [-0.1, -0.05) is 18.5 Å². The van der Waals surface area contributed by atoms with Crippen LogP contribution in [0.2, 0.25) is 5.02 Å². The van der Waals surface area contributed by atoms with E-state index in [0.29, 0.717) is 23.7 Å². The molecule has 1 amide bonds. The molecule has 25 heavy (non-hydrogen) atoms. The predicted molar refractivity (Wildman–Crippen MR) is 93.2 cm³/mol. The second-order valence-electron chi connectivity index (χ2n) is 5.13. The number of nitrogens with one attached hydrogen (secondary N) is 1. The Morgan fingerprint density at radius 2 is 2.04 bits per heavy atom. The van der Waals surface area contributed by atoms with Gasteiger partial charge in [0.15, 0.2) is 12.9 Å². The molecule has 0 spiro atoms. The standard InChI is InChI=1S/C18H17ClFNO4/c1-2-7-24-14-5-3-12(10-22)17(9-14)25-11-18(23)21-16-8-13(19)4-6-15(16)20/h3-6,8-10H,2,7,11H2,1H3,(H,21,23). The molecule has 0 saturated heterocycles. The van der Waals surface area contributed by atoms with Crippen LogP contribution in [0.25, 0.3) is 0 Å². The van der Waals surface area contributed by atoms with Crippen LogP contribution in [-0.2, 0) is 4.79 Å². The second kappa shape index (κ2) is 9.03. The quantitative estimate of drug-likeness (QED) is 0.715. The summed E-state index contributed by atoms with van der Waals surface area (Å²) in [6.07, 6.45) is 1.45. The van der Waals surface area contributed by atoms with Gasteiger partial charge in [0.25, 0.3) is 5.91 Å². The van der Waals surface area contributed by atoms with E-state index in [9.17, 15) is 14.0 Å². The Bertz CT molecular complexity index is 767. The Morgan fingerprint density at radius 3 is 2.76 bits per heavy atom. The number of benzene rings is 2. The van der Waals surface area contributed by atoms with Crippen molar-refractivity contribution in [1.82, 2.24) is 0 Å². The number of aldehydes is 1. The average molecular weight is 366 g/mol. The van der Waals surface area contributed by atoms with E-state index < -0.39 is 18.3 Å². The molecule has 2 aromatic rings. The van der Waals surface area contributed by atoms with E-state index in [4.69, 9.17) is 21.1 Å². The van der Waals surface area contributed by atoms with Crippen LogP contribution < -0.4 is 14.8 Å². The molecule has 0 atom stereocenters. The fraction of sp³-hybridized carbons (Fsp3) is 0.222. The molecular formula is C18H17ClFNO4. The molecule has 0 unspecified atom stereocenters. The van der Waals surface area contributed by atoms with Crippen LogP contribution in [0.4, 0.5) is 10.1 Å². The van der Waals surface area contributed by atoms with Crippen molar-refractivity contribution in [2.75, 3.05) is 18.5 Å². The van der Waals surface area contributed by atoms with Crippen LogP contribution in [0.3, 0.4) is 0 Å². The summed E-state index contributed by atoms with van der Waals surface area (Å²) < 4.78 is 24.4. The van der Waals surface area contributed by atoms with Gasteiger partial charge in [-0.05, 0) is 36.8 Å². The van der Waals surface area contributed by atoms with Crippen molar-refractivity contribution < 1.29 is 23.5 Å². The maximum atomic E-state index is 13.6. The molecule has 0 fully saturated rings. The lowest BCUT2D eigenvalue weighted by molar-refractivity contribution is -0.118. The van der Waals surface area contributed by atoms with Crippen LogP contribution in [0.1, 0.15) is 23.7 Å². The maximum Gasteiger partial charge on any atom is 0.262 e. The lowest BCUT2D eigenvalue weighted by Crippen LogP contribution is -2.21. The summed E-state index contributed by atoms with van der Waals surface area (Å²) in [5, 5.41) is 2.66. The van der Waals surface area contributed by atoms with Crippen molar-refractivity contribution in [3.63, 3.8) is 0 Å². The number of anilines is 1. The molecule has 2 aromatic carbocycles. The van der Waals surface area contributed by atoms with Crippen molar-refractivity contribution in [3.05, 3.63) is 52.8 Å². The minimum absolute atomic E-state index is 0.0447. The number of carbonyl (C=O) groups is 2. The van der Waals surface area contributed by atoms with Gasteiger partial charge in [-0.3, -0.25) is 9.59 Å². The highest BCUT2D eigenvalue weighted by Gasteiger charge is 2.11. The maximum absolute atomic E-state index is 13.6. The SMILES string of the molecule is CCCOc1ccc(C=O)c(OCC(=O)Nc2cc(Cl)ccc2F)c1. The molecule has 2 rings (SSSR count). The lowest BCUT2D eigenvalue weighted by atomic mass is 10.2. The zero-order valence-electron chi connectivity index (χ0n) is 13.6. The van der Waals surface area contributed by atoms with Gasteiger partial charge in [0, 0.05) is 11.1 Å². The van der Waals surface area contributed by atoms with Crippen molar-refractivity contribution in [2.45, 2.75) is 13.3 Å².